The Labute approximate surface area is 432 Å². The van der Waals surface area contributed by atoms with Crippen molar-refractivity contribution in [1.82, 2.24) is 19.6 Å². The van der Waals surface area contributed by atoms with E-state index in [-0.39, 0.29) is 92.0 Å². The van der Waals surface area contributed by atoms with Gasteiger partial charge in [-0.25, -0.2) is 0 Å². The zero-order valence-electron chi connectivity index (χ0n) is 45.6. The lowest BCUT2D eigenvalue weighted by Gasteiger charge is -2.41. The molecule has 3 aliphatic heterocycles. The molecule has 3 N–H and O–H groups in total. The van der Waals surface area contributed by atoms with Crippen LogP contribution in [0.1, 0.15) is 135 Å². The van der Waals surface area contributed by atoms with Gasteiger partial charge >= 0.3 is 6.97 Å². The largest absolute Gasteiger partial charge is 0.737 e. The molecule has 0 unspecified atom stereocenters. The molecule has 1 aromatic carbocycles. The number of fused-ring (bicyclic) bond motifs is 2. The smallest absolute Gasteiger partial charge is 0.394 e. The molecular weight excluding hydrogens is 933 g/mol. The van der Waals surface area contributed by atoms with Gasteiger partial charge in [0.05, 0.1) is 36.3 Å². The Balaban J connectivity index is 1.20. The van der Waals surface area contributed by atoms with Gasteiger partial charge in [-0.2, -0.15) is 0 Å². The summed E-state index contributed by atoms with van der Waals surface area (Å²) in [6.07, 6.45) is 6.70. The molecule has 2 aromatic rings. The maximum Gasteiger partial charge on any atom is 0.737 e. The van der Waals surface area contributed by atoms with Gasteiger partial charge in [-0.15, -0.1) is 0 Å². The number of nitrogens with two attached hydrogens (primary N) is 1. The maximum atomic E-state index is 15.9. The van der Waals surface area contributed by atoms with Gasteiger partial charge < -0.3 is 47.9 Å². The summed E-state index contributed by atoms with van der Waals surface area (Å²) in [6, 6.07) is 10.3. The van der Waals surface area contributed by atoms with Crippen LogP contribution in [0, 0.1) is 43.4 Å². The highest BCUT2D eigenvalue weighted by molar-refractivity contribution is 6.58. The van der Waals surface area contributed by atoms with E-state index < -0.39 is 54.6 Å². The van der Waals surface area contributed by atoms with Crippen LogP contribution in [0.4, 0.5) is 8.63 Å². The summed E-state index contributed by atoms with van der Waals surface area (Å²) in [7, 11) is 4.79. The topological polar surface area (TPSA) is 173 Å². The molecule has 4 heterocycles. The number of ether oxygens (including phenoxy) is 2. The molecule has 8 atom stereocenters. The van der Waals surface area contributed by atoms with Crippen molar-refractivity contribution in [1.29, 1.82) is 0 Å². The average molecular weight is 1020 g/mol. The number of carbonyl (C=O) groups is 6. The van der Waals surface area contributed by atoms with Crippen LogP contribution in [0.2, 0.25) is 0 Å². The lowest BCUT2D eigenvalue weighted by atomic mass is 9.83. The summed E-state index contributed by atoms with van der Waals surface area (Å²) in [5, 5.41) is 2.95. The summed E-state index contributed by atoms with van der Waals surface area (Å²) in [6.45, 7) is 12.9. The number of nitrogens with one attached hydrogen (secondary N) is 1. The fourth-order valence-corrected chi connectivity index (χ4v) is 11.2. The number of Topliss-reactive ketones (excluding diaryl/α,β-unsaturated/α-hetero) is 3. The Morgan fingerprint density at radius 1 is 0.973 bits per heavy atom. The molecule has 0 bridgehead atoms. The number of allylic oxidation sites excluding steroid dienone is 2. The van der Waals surface area contributed by atoms with Gasteiger partial charge in [0, 0.05) is 108 Å². The van der Waals surface area contributed by atoms with Crippen LogP contribution in [-0.2, 0) is 44.7 Å². The molecular formula is C56H83BF2N6O8. The summed E-state index contributed by atoms with van der Waals surface area (Å²) < 4.78 is 46.1. The van der Waals surface area contributed by atoms with Crippen molar-refractivity contribution in [3.05, 3.63) is 76.8 Å². The van der Waals surface area contributed by atoms with E-state index in [4.69, 9.17) is 15.2 Å². The Hall–Kier alpha value is -5.13. The number of rotatable bonds is 28. The molecule has 1 fully saturated rings. The number of likely N-dealkylation sites (N-methyl/N-ethyl adjacent to an activating group) is 1. The van der Waals surface area contributed by atoms with Crippen molar-refractivity contribution < 1.29 is 51.4 Å². The highest BCUT2D eigenvalue weighted by Crippen LogP contribution is 2.36. The normalized spacial score (nSPS) is 19.1. The predicted molar refractivity (Wildman–Crippen MR) is 282 cm³/mol. The maximum absolute atomic E-state index is 15.9. The van der Waals surface area contributed by atoms with Crippen molar-refractivity contribution >= 4 is 53.8 Å². The van der Waals surface area contributed by atoms with Crippen LogP contribution >= 0.6 is 0 Å². The first kappa shape index (κ1) is 58.8. The molecule has 0 spiro atoms. The standard InChI is InChI=1S/C56H83BF2N6O8/c1-13-36(4)52(62(10)55(71)45(35(2)3)33-50(68)56(8,9)60)49(72-11)34-51(69)63-28-18-22-46(63)53(73-12)39(7)48(67)31-41(30-40-19-15-14-16-20-40)54(70)61-27-17-21-44(66)26-25-42-23-24-43-32-47-37(5)29-38(6)64(47)57(58,59)65(42)43/h14-16,19-20,23-24,29,32,35-36,39,41,45-46,49,52-53H,13,17-18,21-22,25-28,30-31,33-34,60H2,1-12H3,(H,61,70)/t36-,39-,41+,45-,46-,49+,52-,53+/m0/s1. The van der Waals surface area contributed by atoms with Crippen LogP contribution < -0.4 is 11.1 Å². The fourth-order valence-electron chi connectivity index (χ4n) is 11.2. The first-order valence-corrected chi connectivity index (χ1v) is 26.4. The molecule has 1 aromatic heterocycles. The summed E-state index contributed by atoms with van der Waals surface area (Å²) in [5.74, 6) is -3.41. The van der Waals surface area contributed by atoms with Gasteiger partial charge in [-0.05, 0) is 88.1 Å². The molecule has 5 rings (SSSR count). The molecule has 14 nitrogen and oxygen atoms in total. The number of benzene rings is 1. The van der Waals surface area contributed by atoms with Crippen molar-refractivity contribution in [2.24, 2.45) is 35.3 Å². The monoisotopic (exact) mass is 1020 g/mol. The zero-order chi connectivity index (χ0) is 54.1. The number of halogens is 2. The highest BCUT2D eigenvalue weighted by atomic mass is 19.2. The lowest BCUT2D eigenvalue weighted by molar-refractivity contribution is -0.362. The van der Waals surface area contributed by atoms with Gasteiger partial charge in [0.1, 0.15) is 17.3 Å². The first-order valence-electron chi connectivity index (χ1n) is 26.4. The van der Waals surface area contributed by atoms with Gasteiger partial charge in [-0.1, -0.05) is 71.4 Å². The molecule has 0 radical (unpaired) electrons. The van der Waals surface area contributed by atoms with E-state index in [2.05, 4.69) is 5.32 Å². The Kier molecular flexibility index (Phi) is 20.5. The van der Waals surface area contributed by atoms with E-state index in [1.165, 1.54) is 14.2 Å². The molecule has 402 valence electrons. The highest BCUT2D eigenvalue weighted by Gasteiger charge is 2.52. The fraction of sp³-hybridized carbons (Fsp3) is 0.625. The third kappa shape index (κ3) is 14.0. The molecule has 0 saturated carbocycles. The van der Waals surface area contributed by atoms with Gasteiger partial charge in [0.15, 0.2) is 11.5 Å². The number of methoxy groups -OCH3 is 2. The number of hydrogen-bond donors (Lipinski definition) is 2. The zero-order valence-corrected chi connectivity index (χ0v) is 45.6. The van der Waals surface area contributed by atoms with E-state index in [1.807, 2.05) is 65.0 Å². The van der Waals surface area contributed by atoms with Crippen molar-refractivity contribution in [2.45, 2.75) is 163 Å². The minimum atomic E-state index is -4.12. The van der Waals surface area contributed by atoms with Crippen LogP contribution in [0.3, 0.4) is 0 Å². The second kappa shape index (κ2) is 25.4. The van der Waals surface area contributed by atoms with E-state index in [1.54, 1.807) is 68.8 Å². The van der Waals surface area contributed by atoms with Crippen molar-refractivity contribution in [3.8, 4) is 0 Å². The number of hydrogen-bond acceptors (Lipinski definition) is 9. The Morgan fingerprint density at radius 2 is 1.66 bits per heavy atom. The third-order valence-electron chi connectivity index (χ3n) is 15.7. The molecule has 1 saturated heterocycles. The predicted octanol–water partition coefficient (Wildman–Crippen LogP) is 7.66. The number of aryl methyl sites for hydroxylation is 2. The summed E-state index contributed by atoms with van der Waals surface area (Å²) >= 11 is 0. The second-order valence-electron chi connectivity index (χ2n) is 21.9. The van der Waals surface area contributed by atoms with E-state index in [9.17, 15) is 28.8 Å². The van der Waals surface area contributed by atoms with Gasteiger partial charge in [0.2, 0.25) is 17.7 Å². The van der Waals surface area contributed by atoms with Crippen molar-refractivity contribution in [3.63, 3.8) is 0 Å². The summed E-state index contributed by atoms with van der Waals surface area (Å²) in [5.41, 5.74) is 8.48. The van der Waals surface area contributed by atoms with Gasteiger partial charge in [-0.3, -0.25) is 28.8 Å². The number of aromatic nitrogens is 1. The van der Waals surface area contributed by atoms with Crippen molar-refractivity contribution in [2.75, 3.05) is 34.4 Å². The average Bonchev–Trinajstić information content (AvgIpc) is 4.08. The van der Waals surface area contributed by atoms with E-state index in [0.717, 1.165) is 20.1 Å². The number of amides is 3. The van der Waals surface area contributed by atoms with Crippen LogP contribution in [0.5, 0.6) is 0 Å². The number of carbonyl (C=O) groups excluding carboxylic acids is 6. The number of nitrogens with zero attached hydrogens (tertiary/aromatic N) is 4. The third-order valence-corrected chi connectivity index (χ3v) is 15.7. The Morgan fingerprint density at radius 3 is 2.27 bits per heavy atom. The lowest BCUT2D eigenvalue weighted by Crippen LogP contribution is -2.54. The molecule has 3 aliphatic rings. The van der Waals surface area contributed by atoms with E-state index >= 15 is 8.63 Å². The van der Waals surface area contributed by atoms with Crippen LogP contribution in [0.25, 0.3) is 6.08 Å². The SMILES string of the molecule is CC[C@H](C)[C@@H]([C@@H](CC(=O)N1CCC[C@H]1[C@H](OC)[C@@H](C)C(=O)C[C@@H](Cc1ccccc1)C(=O)NCCCC(=O)CCC1=[N+]2C(=Cc3c(C)cc(C)n3[B-]2(F)F)C=C1)OC)N(C)C(=O)[C@@H](CC(=O)C(C)(C)N)C(C)C. The number of likely N-dealkylation sites (tertiary alicyclic amines) is 1. The quantitative estimate of drug-likeness (QED) is 0.0641. The van der Waals surface area contributed by atoms with E-state index in [0.29, 0.717) is 61.4 Å². The minimum absolute atomic E-state index is 0.00283. The minimum Gasteiger partial charge on any atom is -0.394 e. The van der Waals surface area contributed by atoms with Gasteiger partial charge in [0.25, 0.3) is 0 Å². The molecule has 3 amide bonds. The number of ketones is 3. The molecule has 73 heavy (non-hydrogen) atoms. The second-order valence-corrected chi connectivity index (χ2v) is 21.9. The first-order chi connectivity index (χ1) is 34.4. The Bertz CT molecular complexity index is 2410. The molecule has 0 aliphatic carbocycles. The van der Waals surface area contributed by atoms with Crippen LogP contribution in [-0.4, -0.2) is 131 Å². The summed E-state index contributed by atoms with van der Waals surface area (Å²) in [4.78, 5) is 86.4. The molecule has 17 heteroatoms. The van der Waals surface area contributed by atoms with Crippen LogP contribution in [0.15, 0.2) is 54.2 Å².